The Bertz CT molecular complexity index is 350. The number of hydrogen-bond acceptors (Lipinski definition) is 3. The number of aliphatic hydroxyl groups is 1. The van der Waals surface area contributed by atoms with E-state index in [0.717, 1.165) is 45.1 Å². The Morgan fingerprint density at radius 2 is 1.73 bits per heavy atom. The van der Waals surface area contributed by atoms with E-state index in [9.17, 15) is 5.11 Å². The molecule has 0 radical (unpaired) electrons. The molecule has 1 fully saturated rings. The van der Waals surface area contributed by atoms with Gasteiger partial charge in [-0.3, -0.25) is 4.99 Å². The van der Waals surface area contributed by atoms with Crippen molar-refractivity contribution >= 4 is 29.9 Å². The Morgan fingerprint density at radius 1 is 1.04 bits per heavy atom. The number of unbranched alkanes of at least 4 members (excludes halogenated alkanes) is 1. The number of rotatable bonds is 12. The molecule has 0 spiro atoms. The van der Waals surface area contributed by atoms with Gasteiger partial charge in [0, 0.05) is 26.2 Å². The smallest absolute Gasteiger partial charge is 0.191 e. The minimum absolute atomic E-state index is 0. The number of hydrogen-bond donors (Lipinski definition) is 3. The van der Waals surface area contributed by atoms with E-state index in [-0.39, 0.29) is 36.0 Å². The molecule has 0 unspecified atom stereocenters. The van der Waals surface area contributed by atoms with E-state index in [4.69, 9.17) is 4.99 Å². The molecule has 0 saturated heterocycles. The third-order valence-electron chi connectivity index (χ3n) is 5.56. The highest BCUT2D eigenvalue weighted by Crippen LogP contribution is 2.39. The van der Waals surface area contributed by atoms with Crippen LogP contribution in [0.3, 0.4) is 0 Å². The number of nitrogens with zero attached hydrogens (tertiary/aromatic N) is 2. The summed E-state index contributed by atoms with van der Waals surface area (Å²) in [6.45, 7) is 13.0. The first-order chi connectivity index (χ1) is 12.2. The maximum Gasteiger partial charge on any atom is 0.191 e. The average Bonchev–Trinajstić information content (AvgIpc) is 2.63. The maximum atomic E-state index is 9.45. The molecular weight excluding hydrogens is 439 g/mol. The molecule has 0 aromatic heterocycles. The summed E-state index contributed by atoms with van der Waals surface area (Å²) in [5, 5.41) is 16.3. The van der Waals surface area contributed by atoms with Crippen LogP contribution < -0.4 is 10.6 Å². The fraction of sp³-hybridized carbons (Fsp3) is 0.950. The molecule has 0 atom stereocenters. The number of guanidine groups is 1. The summed E-state index contributed by atoms with van der Waals surface area (Å²) in [6, 6.07) is 0. The van der Waals surface area contributed by atoms with E-state index in [2.05, 4.69) is 36.3 Å². The summed E-state index contributed by atoms with van der Waals surface area (Å²) in [5.74, 6) is 0.938. The van der Waals surface area contributed by atoms with E-state index in [0.29, 0.717) is 0 Å². The van der Waals surface area contributed by atoms with Crippen molar-refractivity contribution < 1.29 is 5.11 Å². The summed E-state index contributed by atoms with van der Waals surface area (Å²) in [4.78, 5) is 7.34. The third-order valence-corrected chi connectivity index (χ3v) is 5.56. The van der Waals surface area contributed by atoms with E-state index in [1.807, 2.05) is 0 Å². The van der Waals surface area contributed by atoms with Crippen LogP contribution >= 0.6 is 24.0 Å². The highest BCUT2D eigenvalue weighted by atomic mass is 127. The molecule has 1 saturated carbocycles. The zero-order valence-electron chi connectivity index (χ0n) is 17.4. The van der Waals surface area contributed by atoms with Gasteiger partial charge in [0.1, 0.15) is 0 Å². The molecule has 0 aliphatic heterocycles. The minimum atomic E-state index is 0. The molecule has 0 bridgehead atoms. The number of halogens is 1. The quantitative estimate of drug-likeness (QED) is 0.172. The zero-order valence-corrected chi connectivity index (χ0v) is 19.7. The Kier molecular flexibility index (Phi) is 15.9. The van der Waals surface area contributed by atoms with Gasteiger partial charge in [-0.15, -0.1) is 24.0 Å². The van der Waals surface area contributed by atoms with Gasteiger partial charge >= 0.3 is 0 Å². The molecule has 1 aliphatic rings. The van der Waals surface area contributed by atoms with E-state index >= 15 is 0 Å². The van der Waals surface area contributed by atoms with Crippen LogP contribution in [-0.4, -0.2) is 61.8 Å². The van der Waals surface area contributed by atoms with Gasteiger partial charge < -0.3 is 20.6 Å². The standard InChI is InChI=1S/C20H42N4O.HI/c1-4-21-19(22-15-10-11-16-24(5-2)6-3)23-18-20(14-17-25)12-8-7-9-13-20;/h25H,4-18H2,1-3H3,(H2,21,22,23);1H. The van der Waals surface area contributed by atoms with Gasteiger partial charge in [-0.25, -0.2) is 0 Å². The molecule has 1 aliphatic carbocycles. The van der Waals surface area contributed by atoms with Gasteiger partial charge in [0.05, 0.1) is 0 Å². The minimum Gasteiger partial charge on any atom is -0.396 e. The lowest BCUT2D eigenvalue weighted by Crippen LogP contribution is -2.39. The van der Waals surface area contributed by atoms with Crippen LogP contribution in [0, 0.1) is 5.41 Å². The predicted octanol–water partition coefficient (Wildman–Crippen LogP) is 3.61. The lowest BCUT2D eigenvalue weighted by Gasteiger charge is -2.35. The van der Waals surface area contributed by atoms with Crippen LogP contribution in [0.4, 0.5) is 0 Å². The summed E-state index contributed by atoms with van der Waals surface area (Å²) in [6.07, 6.45) is 9.60. The molecule has 156 valence electrons. The first-order valence-electron chi connectivity index (χ1n) is 10.5. The molecule has 1 rings (SSSR count). The highest BCUT2D eigenvalue weighted by Gasteiger charge is 2.31. The summed E-state index contributed by atoms with van der Waals surface area (Å²) >= 11 is 0. The van der Waals surface area contributed by atoms with E-state index < -0.39 is 0 Å². The van der Waals surface area contributed by atoms with Crippen molar-refractivity contribution in [3.63, 3.8) is 0 Å². The molecule has 6 heteroatoms. The van der Waals surface area contributed by atoms with E-state index in [1.54, 1.807) is 0 Å². The largest absolute Gasteiger partial charge is 0.396 e. The van der Waals surface area contributed by atoms with Gasteiger partial charge in [-0.2, -0.15) is 0 Å². The average molecular weight is 482 g/mol. The first-order valence-corrected chi connectivity index (χ1v) is 10.5. The fourth-order valence-corrected chi connectivity index (χ4v) is 3.82. The molecule has 0 aromatic rings. The summed E-state index contributed by atoms with van der Waals surface area (Å²) < 4.78 is 0. The number of aliphatic imine (C=N–C) groups is 1. The van der Waals surface area contributed by atoms with Crippen molar-refractivity contribution in [2.45, 2.75) is 72.1 Å². The molecule has 0 aromatic carbocycles. The van der Waals surface area contributed by atoms with Gasteiger partial charge in [0.15, 0.2) is 5.96 Å². The van der Waals surface area contributed by atoms with Gasteiger partial charge in [-0.1, -0.05) is 33.1 Å². The van der Waals surface area contributed by atoms with Crippen LogP contribution in [-0.2, 0) is 0 Å². The van der Waals surface area contributed by atoms with Gasteiger partial charge in [0.2, 0.25) is 0 Å². The van der Waals surface area contributed by atoms with Crippen molar-refractivity contribution in [1.29, 1.82) is 0 Å². The topological polar surface area (TPSA) is 59.9 Å². The Balaban J connectivity index is 0.00000625. The van der Waals surface area contributed by atoms with E-state index in [1.165, 1.54) is 51.5 Å². The Labute approximate surface area is 178 Å². The summed E-state index contributed by atoms with van der Waals surface area (Å²) in [5.41, 5.74) is 0.220. The highest BCUT2D eigenvalue weighted by molar-refractivity contribution is 14.0. The van der Waals surface area contributed by atoms with Crippen molar-refractivity contribution in [2.24, 2.45) is 10.4 Å². The molecule has 3 N–H and O–H groups in total. The van der Waals surface area contributed by atoms with Crippen LogP contribution in [0.25, 0.3) is 0 Å². The number of aliphatic hydroxyl groups excluding tert-OH is 1. The van der Waals surface area contributed by atoms with Gasteiger partial charge in [-0.05, 0) is 64.1 Å². The maximum absolute atomic E-state index is 9.45. The van der Waals surface area contributed by atoms with Crippen molar-refractivity contribution in [3.8, 4) is 0 Å². The SMILES string of the molecule is CCNC(=NCC1(CCO)CCCCC1)NCCCCN(CC)CC.I. The summed E-state index contributed by atoms with van der Waals surface area (Å²) in [7, 11) is 0. The third kappa shape index (κ3) is 10.3. The molecule has 5 nitrogen and oxygen atoms in total. The first kappa shape index (κ1) is 25.9. The van der Waals surface area contributed by atoms with Crippen LogP contribution in [0.2, 0.25) is 0 Å². The Morgan fingerprint density at radius 3 is 2.31 bits per heavy atom. The van der Waals surface area contributed by atoms with Crippen molar-refractivity contribution in [3.05, 3.63) is 0 Å². The molecule has 26 heavy (non-hydrogen) atoms. The predicted molar refractivity (Wildman–Crippen MR) is 124 cm³/mol. The van der Waals surface area contributed by atoms with Gasteiger partial charge in [0.25, 0.3) is 0 Å². The van der Waals surface area contributed by atoms with Crippen LogP contribution in [0.5, 0.6) is 0 Å². The zero-order chi connectivity index (χ0) is 18.4. The monoisotopic (exact) mass is 482 g/mol. The lowest BCUT2D eigenvalue weighted by molar-refractivity contribution is 0.137. The second kappa shape index (κ2) is 15.9. The van der Waals surface area contributed by atoms with Crippen molar-refractivity contribution in [1.82, 2.24) is 15.5 Å². The van der Waals surface area contributed by atoms with Crippen molar-refractivity contribution in [2.75, 3.05) is 45.9 Å². The second-order valence-corrected chi connectivity index (χ2v) is 7.39. The molecular formula is C20H43IN4O. The second-order valence-electron chi connectivity index (χ2n) is 7.39. The van der Waals surface area contributed by atoms with Crippen LogP contribution in [0.1, 0.15) is 72.1 Å². The normalized spacial score (nSPS) is 17.0. The molecule has 0 amide bonds. The number of nitrogens with one attached hydrogen (secondary N) is 2. The Hall–Kier alpha value is -0.0800. The molecule has 0 heterocycles. The lowest BCUT2D eigenvalue weighted by atomic mass is 9.72. The fourth-order valence-electron chi connectivity index (χ4n) is 3.82. The van der Waals surface area contributed by atoms with Crippen LogP contribution in [0.15, 0.2) is 4.99 Å².